The lowest BCUT2D eigenvalue weighted by atomic mass is 9.84. The number of rotatable bonds is 3. The van der Waals surface area contributed by atoms with Gasteiger partial charge in [0.25, 0.3) is 0 Å². The number of halogens is 1. The number of piperidine rings is 1. The molecule has 0 aromatic heterocycles. The minimum absolute atomic E-state index is 0.0885. The molecule has 1 unspecified atom stereocenters. The largest absolute Gasteiger partial charge is 0.342 e. The van der Waals surface area contributed by atoms with Crippen LogP contribution >= 0.6 is 11.6 Å². The van der Waals surface area contributed by atoms with Gasteiger partial charge in [0, 0.05) is 13.1 Å². The topological polar surface area (TPSA) is 20.3 Å². The van der Waals surface area contributed by atoms with Gasteiger partial charge >= 0.3 is 0 Å². The molecule has 1 amide bonds. The molecule has 1 aliphatic heterocycles. The Morgan fingerprint density at radius 2 is 2.06 bits per heavy atom. The van der Waals surface area contributed by atoms with Crippen LogP contribution in [0, 0.1) is 11.8 Å². The van der Waals surface area contributed by atoms with E-state index in [4.69, 9.17) is 11.6 Å². The summed E-state index contributed by atoms with van der Waals surface area (Å²) < 4.78 is 0. The number of amides is 1. The first-order valence-electron chi connectivity index (χ1n) is 6.46. The van der Waals surface area contributed by atoms with Gasteiger partial charge < -0.3 is 4.90 Å². The maximum Gasteiger partial charge on any atom is 0.237 e. The van der Waals surface area contributed by atoms with Crippen molar-refractivity contribution in [2.75, 3.05) is 19.0 Å². The predicted octanol–water partition coefficient (Wildman–Crippen LogP) is 2.99. The summed E-state index contributed by atoms with van der Waals surface area (Å²) in [7, 11) is 0. The molecule has 2 aliphatic rings. The van der Waals surface area contributed by atoms with Crippen LogP contribution in [0.3, 0.4) is 0 Å². The van der Waals surface area contributed by atoms with Crippen LogP contribution in [0.25, 0.3) is 0 Å². The lowest BCUT2D eigenvalue weighted by Crippen LogP contribution is -2.39. The quantitative estimate of drug-likeness (QED) is 0.708. The van der Waals surface area contributed by atoms with E-state index in [-0.39, 0.29) is 11.8 Å². The minimum atomic E-state index is 0.0885. The molecule has 0 radical (unpaired) electrons. The monoisotopic (exact) mass is 253 g/mol. The van der Waals surface area contributed by atoms with Crippen molar-refractivity contribution < 1.29 is 4.79 Å². The molecule has 0 aromatic rings. The number of allylic oxidation sites excluding steroid dienone is 4. The van der Waals surface area contributed by atoms with Crippen molar-refractivity contribution in [3.63, 3.8) is 0 Å². The summed E-state index contributed by atoms with van der Waals surface area (Å²) in [5.41, 5.74) is 0. The molecule has 0 spiro atoms. The molecular formula is C14H20ClNO. The molecule has 2 rings (SSSR count). The molecule has 94 valence electrons. The molecule has 2 nitrogen and oxygen atoms in total. The van der Waals surface area contributed by atoms with Crippen LogP contribution < -0.4 is 0 Å². The smallest absolute Gasteiger partial charge is 0.237 e. The Labute approximate surface area is 108 Å². The van der Waals surface area contributed by atoms with Gasteiger partial charge in [0.1, 0.15) is 5.88 Å². The van der Waals surface area contributed by atoms with Gasteiger partial charge in [-0.3, -0.25) is 4.79 Å². The fourth-order valence-electron chi connectivity index (χ4n) is 2.74. The average Bonchev–Trinajstić information content (AvgIpc) is 2.40. The maximum atomic E-state index is 11.4. The van der Waals surface area contributed by atoms with Gasteiger partial charge in [-0.25, -0.2) is 0 Å². The highest BCUT2D eigenvalue weighted by molar-refractivity contribution is 6.27. The van der Waals surface area contributed by atoms with E-state index < -0.39 is 0 Å². The Morgan fingerprint density at radius 3 is 2.65 bits per heavy atom. The summed E-state index contributed by atoms with van der Waals surface area (Å²) in [5, 5.41) is 0. The second-order valence-corrected chi connectivity index (χ2v) is 5.27. The molecule has 1 heterocycles. The van der Waals surface area contributed by atoms with Crippen molar-refractivity contribution in [1.82, 2.24) is 4.90 Å². The normalized spacial score (nSPS) is 25.2. The van der Waals surface area contributed by atoms with E-state index >= 15 is 0 Å². The fourth-order valence-corrected chi connectivity index (χ4v) is 2.91. The van der Waals surface area contributed by atoms with Gasteiger partial charge in [0.05, 0.1) is 0 Å². The van der Waals surface area contributed by atoms with Gasteiger partial charge in [-0.1, -0.05) is 24.3 Å². The van der Waals surface area contributed by atoms with Gasteiger partial charge in [-0.05, 0) is 37.5 Å². The first kappa shape index (κ1) is 12.7. The van der Waals surface area contributed by atoms with Crippen LogP contribution in [0.5, 0.6) is 0 Å². The van der Waals surface area contributed by atoms with Crippen molar-refractivity contribution in [2.24, 2.45) is 11.8 Å². The predicted molar refractivity (Wildman–Crippen MR) is 71.0 cm³/mol. The molecule has 0 saturated carbocycles. The highest BCUT2D eigenvalue weighted by Gasteiger charge is 2.23. The third kappa shape index (κ3) is 3.60. The zero-order chi connectivity index (χ0) is 12.1. The maximum absolute atomic E-state index is 11.4. The number of nitrogens with zero attached hydrogens (tertiary/aromatic N) is 1. The molecule has 0 N–H and O–H groups in total. The molecule has 0 aromatic carbocycles. The number of likely N-dealkylation sites (tertiary alicyclic amines) is 1. The minimum Gasteiger partial charge on any atom is -0.342 e. The number of hydrogen-bond acceptors (Lipinski definition) is 1. The molecule has 0 bridgehead atoms. The average molecular weight is 254 g/mol. The number of alkyl halides is 1. The van der Waals surface area contributed by atoms with E-state index in [9.17, 15) is 4.79 Å². The van der Waals surface area contributed by atoms with Gasteiger partial charge in [0.15, 0.2) is 0 Å². The summed E-state index contributed by atoms with van der Waals surface area (Å²) >= 11 is 5.57. The third-order valence-corrected chi connectivity index (χ3v) is 4.02. The van der Waals surface area contributed by atoms with Crippen LogP contribution in [0.1, 0.15) is 25.7 Å². The summed E-state index contributed by atoms with van der Waals surface area (Å²) in [4.78, 5) is 13.3. The Bertz CT molecular complexity index is 316. The Kier molecular flexibility index (Phi) is 4.66. The van der Waals surface area contributed by atoms with E-state index in [1.165, 1.54) is 12.8 Å². The zero-order valence-corrected chi connectivity index (χ0v) is 10.9. The first-order valence-corrected chi connectivity index (χ1v) is 7.00. The van der Waals surface area contributed by atoms with Crippen LogP contribution in [0.4, 0.5) is 0 Å². The standard InChI is InChI=1S/C14H20ClNO/c15-11-14(17)16-8-6-13(7-9-16)10-12-4-2-1-3-5-12/h1-4,12-13H,5-11H2. The second-order valence-electron chi connectivity index (χ2n) is 5.00. The van der Waals surface area contributed by atoms with E-state index in [0.29, 0.717) is 5.92 Å². The summed E-state index contributed by atoms with van der Waals surface area (Å²) in [6, 6.07) is 0. The third-order valence-electron chi connectivity index (χ3n) is 3.79. The lowest BCUT2D eigenvalue weighted by Gasteiger charge is -2.33. The Hall–Kier alpha value is -0.760. The zero-order valence-electron chi connectivity index (χ0n) is 10.1. The van der Waals surface area contributed by atoms with Crippen LogP contribution in [0.2, 0.25) is 0 Å². The molecule has 3 heteroatoms. The number of carbonyl (C=O) groups excluding carboxylic acids is 1. The second kappa shape index (κ2) is 6.25. The van der Waals surface area contributed by atoms with Crippen molar-refractivity contribution >= 4 is 17.5 Å². The van der Waals surface area contributed by atoms with Gasteiger partial charge in [-0.15, -0.1) is 11.6 Å². The fraction of sp³-hybridized carbons (Fsp3) is 0.643. The van der Waals surface area contributed by atoms with Crippen LogP contribution in [-0.4, -0.2) is 29.8 Å². The molecule has 1 aliphatic carbocycles. The van der Waals surface area contributed by atoms with Crippen molar-refractivity contribution in [2.45, 2.75) is 25.7 Å². The van der Waals surface area contributed by atoms with Crippen LogP contribution in [-0.2, 0) is 4.79 Å². The van der Waals surface area contributed by atoms with Crippen molar-refractivity contribution in [1.29, 1.82) is 0 Å². The van der Waals surface area contributed by atoms with E-state index in [1.54, 1.807) is 0 Å². The Morgan fingerprint density at radius 1 is 1.29 bits per heavy atom. The number of carbonyl (C=O) groups is 1. The number of hydrogen-bond donors (Lipinski definition) is 0. The van der Waals surface area contributed by atoms with E-state index in [0.717, 1.165) is 31.8 Å². The molecule has 1 fully saturated rings. The summed E-state index contributed by atoms with van der Waals surface area (Å²) in [6.07, 6.45) is 13.6. The summed E-state index contributed by atoms with van der Waals surface area (Å²) in [5.74, 6) is 1.70. The SMILES string of the molecule is O=C(CCl)N1CCC(CC2C=CC=CC2)CC1. The van der Waals surface area contributed by atoms with Gasteiger partial charge in [-0.2, -0.15) is 0 Å². The van der Waals surface area contributed by atoms with Crippen molar-refractivity contribution in [3.8, 4) is 0 Å². The summed E-state index contributed by atoms with van der Waals surface area (Å²) in [6.45, 7) is 1.78. The van der Waals surface area contributed by atoms with Crippen molar-refractivity contribution in [3.05, 3.63) is 24.3 Å². The first-order chi connectivity index (χ1) is 8.29. The Balaban J connectivity index is 1.73. The van der Waals surface area contributed by atoms with Crippen LogP contribution in [0.15, 0.2) is 24.3 Å². The lowest BCUT2D eigenvalue weighted by molar-refractivity contribution is -0.129. The van der Waals surface area contributed by atoms with E-state index in [1.807, 2.05) is 4.90 Å². The van der Waals surface area contributed by atoms with Gasteiger partial charge in [0.2, 0.25) is 5.91 Å². The molecule has 1 atom stereocenters. The molecule has 17 heavy (non-hydrogen) atoms. The molecular weight excluding hydrogens is 234 g/mol. The highest BCUT2D eigenvalue weighted by Crippen LogP contribution is 2.28. The molecule has 1 saturated heterocycles. The highest BCUT2D eigenvalue weighted by atomic mass is 35.5. The van der Waals surface area contributed by atoms with E-state index in [2.05, 4.69) is 24.3 Å².